The Balaban J connectivity index is 2.14. The van der Waals surface area contributed by atoms with Crippen molar-refractivity contribution in [2.75, 3.05) is 13.2 Å². The van der Waals surface area contributed by atoms with Crippen molar-refractivity contribution in [1.29, 1.82) is 0 Å². The Kier molecular flexibility index (Phi) is 3.97. The zero-order valence-electron chi connectivity index (χ0n) is 10.4. The van der Waals surface area contributed by atoms with Gasteiger partial charge in [0.2, 0.25) is 0 Å². The van der Waals surface area contributed by atoms with Crippen LogP contribution < -0.4 is 5.73 Å². The Morgan fingerprint density at radius 1 is 1.76 bits per heavy atom. The van der Waals surface area contributed by atoms with Crippen molar-refractivity contribution in [3.8, 4) is 0 Å². The van der Waals surface area contributed by atoms with Gasteiger partial charge in [-0.3, -0.25) is 0 Å². The van der Waals surface area contributed by atoms with E-state index in [-0.39, 0.29) is 6.04 Å². The molecule has 4 heteroatoms. The number of rotatable bonds is 5. The van der Waals surface area contributed by atoms with E-state index in [0.717, 1.165) is 31.7 Å². The lowest BCUT2D eigenvalue weighted by Gasteiger charge is -2.22. The second-order valence-electron chi connectivity index (χ2n) is 4.75. The lowest BCUT2D eigenvalue weighted by Crippen LogP contribution is -2.25. The highest BCUT2D eigenvalue weighted by Crippen LogP contribution is 2.28. The minimum atomic E-state index is 0.0206. The molecule has 1 aliphatic rings. The van der Waals surface area contributed by atoms with Gasteiger partial charge in [0.25, 0.3) is 0 Å². The Morgan fingerprint density at radius 2 is 2.59 bits per heavy atom. The maximum absolute atomic E-state index is 6.31. The monoisotopic (exact) mass is 235 g/mol. The van der Waals surface area contributed by atoms with E-state index in [1.807, 2.05) is 18.6 Å². The smallest absolute Gasteiger partial charge is 0.0951 e. The Hall–Kier alpha value is -1.13. The van der Waals surface area contributed by atoms with Gasteiger partial charge in [0, 0.05) is 24.8 Å². The summed E-state index contributed by atoms with van der Waals surface area (Å²) in [5, 5.41) is 0. The zero-order chi connectivity index (χ0) is 12.3. The fraction of sp³-hybridized carbons (Fsp3) is 0.615. The zero-order valence-corrected chi connectivity index (χ0v) is 10.4. The second kappa shape index (κ2) is 5.47. The number of aromatic nitrogens is 2. The minimum absolute atomic E-state index is 0.0206. The molecule has 17 heavy (non-hydrogen) atoms. The Bertz CT molecular complexity index is 368. The van der Waals surface area contributed by atoms with E-state index in [4.69, 9.17) is 10.5 Å². The highest BCUT2D eigenvalue weighted by molar-refractivity contribution is 5.08. The van der Waals surface area contributed by atoms with Crippen molar-refractivity contribution < 1.29 is 4.74 Å². The van der Waals surface area contributed by atoms with Crippen molar-refractivity contribution in [2.45, 2.75) is 31.8 Å². The molecule has 2 heterocycles. The van der Waals surface area contributed by atoms with Crippen molar-refractivity contribution in [3.63, 3.8) is 0 Å². The summed E-state index contributed by atoms with van der Waals surface area (Å²) in [6, 6.07) is 0.380. The van der Waals surface area contributed by atoms with Crippen LogP contribution in [-0.2, 0) is 4.74 Å². The van der Waals surface area contributed by atoms with Gasteiger partial charge in [-0.05, 0) is 19.8 Å². The van der Waals surface area contributed by atoms with Crippen LogP contribution in [0.3, 0.4) is 0 Å². The predicted molar refractivity (Wildman–Crippen MR) is 67.6 cm³/mol. The molecule has 0 amide bonds. The number of nitrogens with two attached hydrogens (primary N) is 1. The minimum Gasteiger partial charge on any atom is -0.381 e. The predicted octanol–water partition coefficient (Wildman–Crippen LogP) is 2.06. The first-order valence-corrected chi connectivity index (χ1v) is 6.20. The molecule has 1 aliphatic heterocycles. The van der Waals surface area contributed by atoms with E-state index in [1.165, 1.54) is 0 Å². The maximum atomic E-state index is 6.31. The van der Waals surface area contributed by atoms with E-state index >= 15 is 0 Å². The van der Waals surface area contributed by atoms with Crippen LogP contribution in [0.25, 0.3) is 0 Å². The fourth-order valence-electron chi connectivity index (χ4n) is 2.37. The van der Waals surface area contributed by atoms with Gasteiger partial charge in [0.15, 0.2) is 0 Å². The highest BCUT2D eigenvalue weighted by Gasteiger charge is 2.26. The molecule has 1 fully saturated rings. The third-order valence-electron chi connectivity index (χ3n) is 3.49. The van der Waals surface area contributed by atoms with Crippen LogP contribution in [-0.4, -0.2) is 22.8 Å². The molecule has 0 spiro atoms. The Labute approximate surface area is 102 Å². The molecule has 1 aromatic rings. The van der Waals surface area contributed by atoms with Gasteiger partial charge in [-0.2, -0.15) is 0 Å². The summed E-state index contributed by atoms with van der Waals surface area (Å²) in [5.74, 6) is 0.418. The Morgan fingerprint density at radius 3 is 3.24 bits per heavy atom. The summed E-state index contributed by atoms with van der Waals surface area (Å²) in [6.07, 6.45) is 7.64. The summed E-state index contributed by atoms with van der Waals surface area (Å²) in [4.78, 5) is 4.23. The molecule has 0 aromatic carbocycles. The van der Waals surface area contributed by atoms with E-state index in [9.17, 15) is 0 Å². The van der Waals surface area contributed by atoms with Gasteiger partial charge in [-0.25, -0.2) is 4.98 Å². The summed E-state index contributed by atoms with van der Waals surface area (Å²) >= 11 is 0. The van der Waals surface area contributed by atoms with Gasteiger partial charge in [-0.1, -0.05) is 6.08 Å². The maximum Gasteiger partial charge on any atom is 0.0951 e. The van der Waals surface area contributed by atoms with Crippen LogP contribution in [0, 0.1) is 5.92 Å². The quantitative estimate of drug-likeness (QED) is 0.795. The average Bonchev–Trinajstić information content (AvgIpc) is 3.00. The molecule has 4 nitrogen and oxygen atoms in total. The normalized spacial score (nSPS) is 23.5. The molecule has 1 aromatic heterocycles. The number of ether oxygens (including phenoxy) is 1. The van der Waals surface area contributed by atoms with Crippen LogP contribution in [0.15, 0.2) is 25.2 Å². The summed E-state index contributed by atoms with van der Waals surface area (Å²) in [5.41, 5.74) is 7.42. The van der Waals surface area contributed by atoms with Crippen molar-refractivity contribution in [2.24, 2.45) is 11.7 Å². The SMILES string of the molecule is C=CCC(C)n1cncc1C(N)C1CCOC1. The van der Waals surface area contributed by atoms with Crippen molar-refractivity contribution in [1.82, 2.24) is 9.55 Å². The van der Waals surface area contributed by atoms with Crippen LogP contribution in [0.1, 0.15) is 37.5 Å². The van der Waals surface area contributed by atoms with E-state index < -0.39 is 0 Å². The number of hydrogen-bond acceptors (Lipinski definition) is 3. The molecule has 3 atom stereocenters. The molecule has 94 valence electrons. The number of nitrogens with zero attached hydrogens (tertiary/aromatic N) is 2. The first-order chi connectivity index (χ1) is 8.24. The molecule has 1 saturated heterocycles. The van der Waals surface area contributed by atoms with Crippen LogP contribution >= 0.6 is 0 Å². The molecule has 3 unspecified atom stereocenters. The average molecular weight is 235 g/mol. The highest BCUT2D eigenvalue weighted by atomic mass is 16.5. The third kappa shape index (κ3) is 2.58. The molecule has 0 saturated carbocycles. The fourth-order valence-corrected chi connectivity index (χ4v) is 2.37. The number of allylic oxidation sites excluding steroid dienone is 1. The number of hydrogen-bond donors (Lipinski definition) is 1. The molecule has 0 radical (unpaired) electrons. The van der Waals surface area contributed by atoms with E-state index in [1.54, 1.807) is 0 Å². The summed E-state index contributed by atoms with van der Waals surface area (Å²) < 4.78 is 7.56. The van der Waals surface area contributed by atoms with E-state index in [2.05, 4.69) is 23.1 Å². The molecular formula is C13H21N3O. The van der Waals surface area contributed by atoms with Gasteiger partial charge < -0.3 is 15.0 Å². The van der Waals surface area contributed by atoms with Gasteiger partial charge in [0.1, 0.15) is 0 Å². The molecule has 0 aliphatic carbocycles. The topological polar surface area (TPSA) is 53.1 Å². The second-order valence-corrected chi connectivity index (χ2v) is 4.75. The van der Waals surface area contributed by atoms with Gasteiger partial charge in [0.05, 0.1) is 24.7 Å². The van der Waals surface area contributed by atoms with Crippen LogP contribution in [0.2, 0.25) is 0 Å². The van der Waals surface area contributed by atoms with Crippen molar-refractivity contribution in [3.05, 3.63) is 30.9 Å². The van der Waals surface area contributed by atoms with Gasteiger partial charge in [-0.15, -0.1) is 6.58 Å². The standard InChI is InChI=1S/C13H21N3O/c1-3-4-10(2)16-9-15-7-12(16)13(14)11-5-6-17-8-11/h3,7,9-11,13H,1,4-6,8,14H2,2H3. The lowest BCUT2D eigenvalue weighted by atomic mass is 9.97. The van der Waals surface area contributed by atoms with Crippen LogP contribution in [0.4, 0.5) is 0 Å². The van der Waals surface area contributed by atoms with Crippen molar-refractivity contribution >= 4 is 0 Å². The van der Waals surface area contributed by atoms with Gasteiger partial charge >= 0.3 is 0 Å². The first kappa shape index (κ1) is 12.3. The summed E-state index contributed by atoms with van der Waals surface area (Å²) in [6.45, 7) is 7.53. The summed E-state index contributed by atoms with van der Waals surface area (Å²) in [7, 11) is 0. The lowest BCUT2D eigenvalue weighted by molar-refractivity contribution is 0.180. The first-order valence-electron chi connectivity index (χ1n) is 6.20. The molecule has 0 bridgehead atoms. The van der Waals surface area contributed by atoms with Crippen LogP contribution in [0.5, 0.6) is 0 Å². The van der Waals surface area contributed by atoms with E-state index in [0.29, 0.717) is 12.0 Å². The molecule has 2 N–H and O–H groups in total. The molecule has 2 rings (SSSR count). The molecular weight excluding hydrogens is 214 g/mol. The largest absolute Gasteiger partial charge is 0.381 e. The number of imidazole rings is 1. The third-order valence-corrected chi connectivity index (χ3v) is 3.49.